The van der Waals surface area contributed by atoms with Crippen LogP contribution < -0.4 is 0 Å². The number of benzene rings is 2. The fourth-order valence-electron chi connectivity index (χ4n) is 3.64. The summed E-state index contributed by atoms with van der Waals surface area (Å²) in [6, 6.07) is 13.7. The van der Waals surface area contributed by atoms with Crippen molar-refractivity contribution in [2.75, 3.05) is 6.26 Å². The van der Waals surface area contributed by atoms with E-state index in [0.717, 1.165) is 27.8 Å². The van der Waals surface area contributed by atoms with Crippen molar-refractivity contribution >= 4 is 23.8 Å². The Kier molecular flexibility index (Phi) is 7.91. The van der Waals surface area contributed by atoms with E-state index in [0.29, 0.717) is 6.42 Å². The monoisotopic (exact) mass is 444 g/mol. The number of aliphatic carboxylic acids is 1. The van der Waals surface area contributed by atoms with Crippen molar-refractivity contribution in [1.29, 1.82) is 0 Å². The largest absolute Gasteiger partial charge is 0.481 e. The molecule has 2 aromatic carbocycles. The topological polar surface area (TPSA) is 107 Å². The molecule has 0 bridgehead atoms. The summed E-state index contributed by atoms with van der Waals surface area (Å²) in [4.78, 5) is 10.6. The van der Waals surface area contributed by atoms with Gasteiger partial charge in [0.15, 0.2) is 0 Å². The molecular weight excluding hydrogens is 416 g/mol. The Morgan fingerprint density at radius 3 is 2.42 bits per heavy atom. The molecule has 5 atom stereocenters. The van der Waals surface area contributed by atoms with Gasteiger partial charge in [-0.3, -0.25) is 4.79 Å². The molecular formula is C24H28O6S. The van der Waals surface area contributed by atoms with Crippen LogP contribution in [-0.4, -0.2) is 56.4 Å². The number of aliphatic hydroxyl groups excluding tert-OH is 3. The highest BCUT2D eigenvalue weighted by Crippen LogP contribution is 2.36. The highest BCUT2D eigenvalue weighted by atomic mass is 32.2. The second-order valence-corrected chi connectivity index (χ2v) is 8.67. The van der Waals surface area contributed by atoms with E-state index in [9.17, 15) is 20.1 Å². The van der Waals surface area contributed by atoms with Gasteiger partial charge >= 0.3 is 5.97 Å². The van der Waals surface area contributed by atoms with E-state index >= 15 is 0 Å². The summed E-state index contributed by atoms with van der Waals surface area (Å²) >= 11 is 1.30. The van der Waals surface area contributed by atoms with Crippen LogP contribution in [0.2, 0.25) is 0 Å². The lowest BCUT2D eigenvalue weighted by molar-refractivity contribution is -0.200. The molecule has 1 aliphatic rings. The van der Waals surface area contributed by atoms with E-state index < -0.39 is 35.8 Å². The van der Waals surface area contributed by atoms with Crippen molar-refractivity contribution in [1.82, 2.24) is 0 Å². The summed E-state index contributed by atoms with van der Waals surface area (Å²) in [5, 5.41) is 39.5. The van der Waals surface area contributed by atoms with Gasteiger partial charge in [-0.05, 0) is 47.4 Å². The van der Waals surface area contributed by atoms with Crippen LogP contribution >= 0.6 is 11.8 Å². The molecule has 0 aliphatic carbocycles. The van der Waals surface area contributed by atoms with Crippen LogP contribution in [0.5, 0.6) is 0 Å². The lowest BCUT2D eigenvalue weighted by Crippen LogP contribution is -2.52. The maximum atomic E-state index is 10.6. The molecule has 1 saturated heterocycles. The van der Waals surface area contributed by atoms with E-state index in [-0.39, 0.29) is 6.42 Å². The van der Waals surface area contributed by atoms with E-state index in [1.54, 1.807) is 18.4 Å². The molecule has 1 heterocycles. The van der Waals surface area contributed by atoms with Crippen LogP contribution in [0.15, 0.2) is 48.5 Å². The zero-order valence-electron chi connectivity index (χ0n) is 17.5. The molecule has 0 amide bonds. The minimum Gasteiger partial charge on any atom is -0.481 e. The second kappa shape index (κ2) is 10.4. The summed E-state index contributed by atoms with van der Waals surface area (Å²) < 4.78 is 5.89. The molecule has 2 aromatic rings. The van der Waals surface area contributed by atoms with Gasteiger partial charge in [0.25, 0.3) is 0 Å². The lowest BCUT2D eigenvalue weighted by Gasteiger charge is -2.40. The van der Waals surface area contributed by atoms with Gasteiger partial charge < -0.3 is 25.2 Å². The minimum absolute atomic E-state index is 0.00799. The summed E-state index contributed by atoms with van der Waals surface area (Å²) in [6.45, 7) is 2.02. The van der Waals surface area contributed by atoms with Crippen LogP contribution in [0.3, 0.4) is 0 Å². The fraction of sp³-hybridized carbons (Fsp3) is 0.375. The van der Waals surface area contributed by atoms with Crippen LogP contribution in [0.25, 0.3) is 6.08 Å². The van der Waals surface area contributed by atoms with Crippen molar-refractivity contribution in [3.63, 3.8) is 0 Å². The highest BCUT2D eigenvalue weighted by molar-refractivity contribution is 7.99. The van der Waals surface area contributed by atoms with Crippen molar-refractivity contribution in [3.05, 3.63) is 76.4 Å². The number of thioether (sulfide) groups is 1. The van der Waals surface area contributed by atoms with Crippen molar-refractivity contribution in [2.45, 2.75) is 49.6 Å². The standard InChI is InChI=1S/C24H28O6S/c1-14-6-11-17(23-21(28)20(27)22(29)24(30-23)31-2)13-18(14)12-16-9-7-15(8-10-16)4-3-5-19(25)26/h3-4,6-11,13,20-24,27-29H,5,12H2,1-2H3,(H,25,26)/b4-3+/t20-,21-,22+,23+,24-/m1/s1. The van der Waals surface area contributed by atoms with Gasteiger partial charge in [0, 0.05) is 0 Å². The number of carbonyl (C=O) groups is 1. The Morgan fingerprint density at radius 2 is 1.77 bits per heavy atom. The third-order valence-corrected chi connectivity index (χ3v) is 6.34. The van der Waals surface area contributed by atoms with Crippen LogP contribution in [0.4, 0.5) is 0 Å². The Bertz CT molecular complexity index is 924. The van der Waals surface area contributed by atoms with Gasteiger partial charge in [0.2, 0.25) is 0 Å². The normalized spacial score (nSPS) is 26.3. The molecule has 0 saturated carbocycles. The SMILES string of the molecule is CS[C@H]1O[C@@H](c2ccc(C)c(Cc3ccc(/C=C/CC(=O)O)cc3)c2)[C@H](O)[C@@H](O)[C@@H]1O. The molecule has 0 aromatic heterocycles. The first kappa shape index (κ1) is 23.5. The third-order valence-electron chi connectivity index (χ3n) is 5.48. The predicted molar refractivity (Wildman–Crippen MR) is 121 cm³/mol. The average molecular weight is 445 g/mol. The Labute approximate surface area is 186 Å². The molecule has 1 fully saturated rings. The van der Waals surface area contributed by atoms with Gasteiger partial charge in [-0.2, -0.15) is 0 Å². The number of hydrogen-bond donors (Lipinski definition) is 4. The van der Waals surface area contributed by atoms with Crippen molar-refractivity contribution in [3.8, 4) is 0 Å². The molecule has 0 radical (unpaired) electrons. The predicted octanol–water partition coefficient (Wildman–Crippen LogP) is 2.92. The number of rotatable bonds is 7. The highest BCUT2D eigenvalue weighted by Gasteiger charge is 2.44. The number of hydrogen-bond acceptors (Lipinski definition) is 6. The molecule has 3 rings (SSSR count). The maximum Gasteiger partial charge on any atom is 0.307 e. The Morgan fingerprint density at radius 1 is 1.06 bits per heavy atom. The Hall–Kier alpha value is -2.16. The average Bonchev–Trinajstić information content (AvgIpc) is 2.75. The molecule has 0 spiro atoms. The molecule has 7 heteroatoms. The zero-order valence-corrected chi connectivity index (χ0v) is 18.3. The van der Waals surface area contributed by atoms with E-state index in [2.05, 4.69) is 0 Å². The molecule has 0 unspecified atom stereocenters. The summed E-state index contributed by atoms with van der Waals surface area (Å²) in [7, 11) is 0. The maximum absolute atomic E-state index is 10.6. The summed E-state index contributed by atoms with van der Waals surface area (Å²) in [6.07, 6.45) is 1.50. The molecule has 166 valence electrons. The number of aliphatic hydroxyl groups is 3. The van der Waals surface area contributed by atoms with E-state index in [1.165, 1.54) is 11.8 Å². The summed E-state index contributed by atoms with van der Waals surface area (Å²) in [5.41, 5.74) is 4.34. The Balaban J connectivity index is 1.77. The van der Waals surface area contributed by atoms with Gasteiger partial charge in [0.1, 0.15) is 29.9 Å². The van der Waals surface area contributed by atoms with Crippen molar-refractivity contribution in [2.24, 2.45) is 0 Å². The van der Waals surface area contributed by atoms with Crippen LogP contribution in [0, 0.1) is 6.92 Å². The quantitative estimate of drug-likeness (QED) is 0.520. The fourth-order valence-corrected chi connectivity index (χ4v) is 4.31. The first-order valence-corrected chi connectivity index (χ1v) is 11.4. The van der Waals surface area contributed by atoms with Gasteiger partial charge in [-0.1, -0.05) is 54.6 Å². The van der Waals surface area contributed by atoms with E-state index in [4.69, 9.17) is 9.84 Å². The second-order valence-electron chi connectivity index (χ2n) is 7.74. The van der Waals surface area contributed by atoms with Gasteiger partial charge in [-0.25, -0.2) is 0 Å². The van der Waals surface area contributed by atoms with E-state index in [1.807, 2.05) is 49.4 Å². The summed E-state index contributed by atoms with van der Waals surface area (Å²) in [5.74, 6) is -0.860. The smallest absolute Gasteiger partial charge is 0.307 e. The number of ether oxygens (including phenoxy) is 1. The molecule has 1 aliphatic heterocycles. The number of aryl methyl sites for hydroxylation is 1. The van der Waals surface area contributed by atoms with Gasteiger partial charge in [0.05, 0.1) is 6.42 Å². The first-order chi connectivity index (χ1) is 14.8. The molecule has 4 N–H and O–H groups in total. The van der Waals surface area contributed by atoms with Gasteiger partial charge in [-0.15, -0.1) is 11.8 Å². The first-order valence-electron chi connectivity index (χ1n) is 10.1. The lowest BCUT2D eigenvalue weighted by atomic mass is 9.91. The number of carboxylic acids is 1. The molecule has 31 heavy (non-hydrogen) atoms. The van der Waals surface area contributed by atoms with Crippen molar-refractivity contribution < 1.29 is 30.0 Å². The minimum atomic E-state index is -1.28. The van der Waals surface area contributed by atoms with Crippen LogP contribution in [0.1, 0.15) is 40.3 Å². The number of carboxylic acid groups (broad SMARTS) is 1. The zero-order chi connectivity index (χ0) is 22.5. The molecule has 6 nitrogen and oxygen atoms in total. The van der Waals surface area contributed by atoms with Crippen LogP contribution in [-0.2, 0) is 16.0 Å². The third kappa shape index (κ3) is 5.75.